The summed E-state index contributed by atoms with van der Waals surface area (Å²) in [6.07, 6.45) is 0.932. The van der Waals surface area contributed by atoms with Crippen molar-refractivity contribution in [3.8, 4) is 0 Å². The first-order chi connectivity index (χ1) is 9.43. The number of carbonyl (C=O) groups excluding carboxylic acids is 1. The molecule has 0 bridgehead atoms. The number of nitrogens with zero attached hydrogens (tertiary/aromatic N) is 3. The largest absolute Gasteiger partial charge is 0.382 e. The van der Waals surface area contributed by atoms with E-state index in [0.717, 1.165) is 11.6 Å². The van der Waals surface area contributed by atoms with Crippen LogP contribution in [0.25, 0.3) is 0 Å². The third-order valence-corrected chi connectivity index (χ3v) is 4.65. The molecule has 0 aromatic carbocycles. The van der Waals surface area contributed by atoms with Gasteiger partial charge < -0.3 is 20.3 Å². The van der Waals surface area contributed by atoms with E-state index in [-0.39, 0.29) is 18.1 Å². The highest BCUT2D eigenvalue weighted by Gasteiger charge is 2.32. The van der Waals surface area contributed by atoms with Gasteiger partial charge in [0.2, 0.25) is 0 Å². The molecule has 1 amide bonds. The fraction of sp³-hybridized carbons (Fsp3) is 0.692. The van der Waals surface area contributed by atoms with Crippen LogP contribution < -0.4 is 10.6 Å². The van der Waals surface area contributed by atoms with Gasteiger partial charge in [0.1, 0.15) is 10.7 Å². The Morgan fingerprint density at radius 3 is 2.85 bits per heavy atom. The number of ether oxygens (including phenoxy) is 1. The van der Waals surface area contributed by atoms with Crippen LogP contribution in [-0.4, -0.2) is 55.2 Å². The van der Waals surface area contributed by atoms with Crippen molar-refractivity contribution in [2.75, 3.05) is 37.9 Å². The third-order valence-electron chi connectivity index (χ3n) is 3.42. The molecule has 1 aliphatic heterocycles. The van der Waals surface area contributed by atoms with Gasteiger partial charge in [-0.3, -0.25) is 4.79 Å². The summed E-state index contributed by atoms with van der Waals surface area (Å²) in [4.78, 5) is 21.2. The average molecular weight is 298 g/mol. The Labute approximate surface area is 123 Å². The maximum absolute atomic E-state index is 12.7. The molecule has 0 spiro atoms. The van der Waals surface area contributed by atoms with E-state index < -0.39 is 0 Å². The van der Waals surface area contributed by atoms with E-state index in [1.165, 1.54) is 11.3 Å². The van der Waals surface area contributed by atoms with E-state index in [0.29, 0.717) is 23.8 Å². The molecule has 1 fully saturated rings. The molecule has 7 heteroatoms. The average Bonchev–Trinajstić information content (AvgIpc) is 2.80. The lowest BCUT2D eigenvalue weighted by Crippen LogP contribution is -2.51. The van der Waals surface area contributed by atoms with Crippen molar-refractivity contribution in [3.05, 3.63) is 4.88 Å². The zero-order chi connectivity index (χ0) is 14.9. The summed E-state index contributed by atoms with van der Waals surface area (Å²) in [5.41, 5.74) is 5.90. The number of hydrogen-bond acceptors (Lipinski definition) is 6. The molecule has 1 aliphatic rings. The van der Waals surface area contributed by atoms with Gasteiger partial charge in [-0.2, -0.15) is 0 Å². The van der Waals surface area contributed by atoms with Gasteiger partial charge >= 0.3 is 0 Å². The number of nitrogens with two attached hydrogens (primary N) is 1. The second-order valence-corrected chi connectivity index (χ2v) is 6.25. The number of hydrogen-bond donors (Lipinski definition) is 1. The Morgan fingerprint density at radius 1 is 1.60 bits per heavy atom. The molecule has 0 radical (unpaired) electrons. The predicted octanol–water partition coefficient (Wildman–Crippen LogP) is 1.43. The fourth-order valence-electron chi connectivity index (χ4n) is 2.23. The van der Waals surface area contributed by atoms with E-state index in [4.69, 9.17) is 10.5 Å². The quantitative estimate of drug-likeness (QED) is 0.914. The molecule has 2 N–H and O–H groups in total. The standard InChI is InChI=1S/C13H22N4O2S/c1-5-9-7-19-8(2)6-17(9)12(18)10-11(14)15-13(20-10)16(3)4/h8-9H,5-7,14H2,1-4H3. The Morgan fingerprint density at radius 2 is 2.30 bits per heavy atom. The highest BCUT2D eigenvalue weighted by Crippen LogP contribution is 2.29. The zero-order valence-corrected chi connectivity index (χ0v) is 13.2. The van der Waals surface area contributed by atoms with Gasteiger partial charge in [-0.1, -0.05) is 18.3 Å². The van der Waals surface area contributed by atoms with E-state index >= 15 is 0 Å². The van der Waals surface area contributed by atoms with E-state index in [2.05, 4.69) is 11.9 Å². The molecular weight excluding hydrogens is 276 g/mol. The number of carbonyl (C=O) groups is 1. The molecule has 0 saturated carbocycles. The lowest BCUT2D eigenvalue weighted by molar-refractivity contribution is -0.0442. The Kier molecular flexibility index (Phi) is 4.49. The first-order valence-electron chi connectivity index (χ1n) is 6.80. The molecule has 20 heavy (non-hydrogen) atoms. The number of morpholine rings is 1. The minimum Gasteiger partial charge on any atom is -0.382 e. The van der Waals surface area contributed by atoms with Gasteiger partial charge in [0.25, 0.3) is 5.91 Å². The normalized spacial score (nSPS) is 22.9. The summed E-state index contributed by atoms with van der Waals surface area (Å²) in [6.45, 7) is 5.23. The molecule has 1 aromatic heterocycles. The number of amides is 1. The Bertz CT molecular complexity index is 489. The summed E-state index contributed by atoms with van der Waals surface area (Å²) >= 11 is 1.34. The van der Waals surface area contributed by atoms with Crippen LogP contribution in [-0.2, 0) is 4.74 Å². The lowest BCUT2D eigenvalue weighted by atomic mass is 10.1. The van der Waals surface area contributed by atoms with Crippen LogP contribution in [0.2, 0.25) is 0 Å². The SMILES string of the molecule is CCC1COC(C)CN1C(=O)c1sc(N(C)C)nc1N. The van der Waals surface area contributed by atoms with Crippen molar-refractivity contribution in [3.63, 3.8) is 0 Å². The number of rotatable bonds is 3. The molecule has 2 rings (SSSR count). The molecule has 112 valence electrons. The van der Waals surface area contributed by atoms with E-state index in [9.17, 15) is 4.79 Å². The number of aromatic nitrogens is 1. The number of thiazole rings is 1. The monoisotopic (exact) mass is 298 g/mol. The van der Waals surface area contributed by atoms with Crippen LogP contribution in [0.5, 0.6) is 0 Å². The van der Waals surface area contributed by atoms with Crippen LogP contribution in [0.1, 0.15) is 29.9 Å². The molecule has 2 unspecified atom stereocenters. The Hall–Kier alpha value is -1.34. The van der Waals surface area contributed by atoms with Crippen LogP contribution in [0.3, 0.4) is 0 Å². The second kappa shape index (κ2) is 5.97. The molecule has 6 nitrogen and oxygen atoms in total. The van der Waals surface area contributed by atoms with Crippen molar-refractivity contribution in [2.24, 2.45) is 0 Å². The minimum absolute atomic E-state index is 0.0323. The van der Waals surface area contributed by atoms with Crippen LogP contribution in [0.15, 0.2) is 0 Å². The van der Waals surface area contributed by atoms with Crippen molar-refractivity contribution < 1.29 is 9.53 Å². The maximum Gasteiger partial charge on any atom is 0.268 e. The first-order valence-corrected chi connectivity index (χ1v) is 7.61. The van der Waals surface area contributed by atoms with Crippen molar-refractivity contribution in [2.45, 2.75) is 32.4 Å². The predicted molar refractivity (Wildman–Crippen MR) is 81.4 cm³/mol. The smallest absolute Gasteiger partial charge is 0.268 e. The van der Waals surface area contributed by atoms with Crippen LogP contribution in [0, 0.1) is 0 Å². The van der Waals surface area contributed by atoms with Gasteiger partial charge in [-0.05, 0) is 13.3 Å². The van der Waals surface area contributed by atoms with Gasteiger partial charge in [0, 0.05) is 20.6 Å². The highest BCUT2D eigenvalue weighted by molar-refractivity contribution is 7.18. The van der Waals surface area contributed by atoms with Gasteiger partial charge in [0.05, 0.1) is 18.8 Å². The van der Waals surface area contributed by atoms with Crippen molar-refractivity contribution in [1.29, 1.82) is 0 Å². The molecule has 1 aromatic rings. The van der Waals surface area contributed by atoms with Crippen LogP contribution >= 0.6 is 11.3 Å². The van der Waals surface area contributed by atoms with Crippen molar-refractivity contribution in [1.82, 2.24) is 9.88 Å². The maximum atomic E-state index is 12.7. The minimum atomic E-state index is -0.0323. The van der Waals surface area contributed by atoms with Gasteiger partial charge in [-0.25, -0.2) is 4.98 Å². The number of nitrogen functional groups attached to an aromatic ring is 1. The van der Waals surface area contributed by atoms with E-state index in [1.54, 1.807) is 0 Å². The molecule has 2 atom stereocenters. The molecule has 2 heterocycles. The Balaban J connectivity index is 2.24. The first kappa shape index (κ1) is 15.1. The molecule has 0 aliphatic carbocycles. The van der Waals surface area contributed by atoms with Gasteiger partial charge in [-0.15, -0.1) is 0 Å². The van der Waals surface area contributed by atoms with E-state index in [1.807, 2.05) is 30.8 Å². The van der Waals surface area contributed by atoms with Gasteiger partial charge in [0.15, 0.2) is 5.13 Å². The highest BCUT2D eigenvalue weighted by atomic mass is 32.1. The summed E-state index contributed by atoms with van der Waals surface area (Å²) in [6, 6.07) is 0.114. The number of anilines is 2. The second-order valence-electron chi connectivity index (χ2n) is 5.27. The summed E-state index contributed by atoms with van der Waals surface area (Å²) in [7, 11) is 3.77. The zero-order valence-electron chi connectivity index (χ0n) is 12.4. The lowest BCUT2D eigenvalue weighted by Gasteiger charge is -2.38. The summed E-state index contributed by atoms with van der Waals surface area (Å²) in [5, 5.41) is 0.750. The third kappa shape index (κ3) is 2.88. The van der Waals surface area contributed by atoms with Crippen molar-refractivity contribution >= 4 is 28.2 Å². The topological polar surface area (TPSA) is 71.7 Å². The summed E-state index contributed by atoms with van der Waals surface area (Å²) < 4.78 is 5.63. The summed E-state index contributed by atoms with van der Waals surface area (Å²) in [5.74, 6) is 0.285. The molecule has 1 saturated heterocycles. The molecular formula is C13H22N4O2S. The fourth-order valence-corrected chi connectivity index (χ4v) is 3.09. The van der Waals surface area contributed by atoms with Crippen LogP contribution in [0.4, 0.5) is 10.9 Å².